The number of carbonyl (C=O) groups excluding carboxylic acids is 1. The highest BCUT2D eigenvalue weighted by molar-refractivity contribution is 14.1. The zero-order valence-electron chi connectivity index (χ0n) is 13.5. The van der Waals surface area contributed by atoms with Gasteiger partial charge in [-0.05, 0) is 64.1 Å². The smallest absolute Gasteiger partial charge is 0.263 e. The third-order valence-electron chi connectivity index (χ3n) is 3.49. The molecule has 0 bridgehead atoms. The molecule has 3 rings (SSSR count). The van der Waals surface area contributed by atoms with Crippen molar-refractivity contribution in [2.75, 3.05) is 7.11 Å². The first-order valence-electron chi connectivity index (χ1n) is 7.46. The third-order valence-corrected chi connectivity index (χ3v) is 5.70. The van der Waals surface area contributed by atoms with Crippen LogP contribution in [0, 0.1) is 3.57 Å². The second-order valence-corrected chi connectivity index (χ2v) is 8.62. The topological polar surface area (TPSA) is 47.6 Å². The molecule has 1 heterocycles. The number of halogens is 2. The summed E-state index contributed by atoms with van der Waals surface area (Å²) < 4.78 is 12.8. The first-order chi connectivity index (χ1) is 12.5. The lowest BCUT2D eigenvalue weighted by atomic mass is 10.2. The van der Waals surface area contributed by atoms with Crippen LogP contribution in [0.4, 0.5) is 0 Å². The van der Waals surface area contributed by atoms with Gasteiger partial charge in [-0.2, -0.15) is 0 Å². The highest BCUT2D eigenvalue weighted by Gasteiger charge is 2.22. The fourth-order valence-corrected chi connectivity index (χ4v) is 4.22. The number of thiocarbonyl (C=S) groups is 1. The van der Waals surface area contributed by atoms with Crippen molar-refractivity contribution in [2.45, 2.75) is 6.61 Å². The molecule has 0 saturated carbocycles. The van der Waals surface area contributed by atoms with Crippen LogP contribution in [0.2, 0.25) is 5.02 Å². The van der Waals surface area contributed by atoms with Crippen molar-refractivity contribution < 1.29 is 14.3 Å². The third kappa shape index (κ3) is 4.70. The van der Waals surface area contributed by atoms with Gasteiger partial charge in [-0.1, -0.05) is 47.7 Å². The standard InChI is InChI=1S/C18H13ClINO3S2/c1-23-14-7-11(8-15-17(22)21-18(25)26-15)6-13(20)16(14)24-9-10-2-4-12(19)5-3-10/h2-8H,9H2,1H3,(H,21,22,25)/b15-8-. The zero-order valence-corrected chi connectivity index (χ0v) is 18.1. The van der Waals surface area contributed by atoms with Crippen molar-refractivity contribution in [1.29, 1.82) is 0 Å². The van der Waals surface area contributed by atoms with E-state index in [4.69, 9.17) is 33.3 Å². The number of nitrogens with one attached hydrogen (secondary N) is 1. The molecule has 0 unspecified atom stereocenters. The van der Waals surface area contributed by atoms with Crippen molar-refractivity contribution in [3.05, 3.63) is 61.0 Å². The molecule has 1 fully saturated rings. The molecule has 0 aliphatic carbocycles. The quantitative estimate of drug-likeness (QED) is 0.343. The van der Waals surface area contributed by atoms with Gasteiger partial charge in [0.1, 0.15) is 10.9 Å². The predicted octanol–water partition coefficient (Wildman–Crippen LogP) is 5.02. The number of carbonyl (C=O) groups is 1. The molecule has 0 aromatic heterocycles. The van der Waals surface area contributed by atoms with Gasteiger partial charge in [-0.3, -0.25) is 4.79 Å². The molecule has 0 spiro atoms. The summed E-state index contributed by atoms with van der Waals surface area (Å²) in [4.78, 5) is 12.4. The second kappa shape index (κ2) is 8.60. The molecule has 8 heteroatoms. The van der Waals surface area contributed by atoms with Crippen LogP contribution in [0.15, 0.2) is 41.3 Å². The lowest BCUT2D eigenvalue weighted by Crippen LogP contribution is -2.17. The van der Waals surface area contributed by atoms with E-state index in [1.165, 1.54) is 11.8 Å². The summed E-state index contributed by atoms with van der Waals surface area (Å²) in [7, 11) is 1.59. The molecule has 26 heavy (non-hydrogen) atoms. The van der Waals surface area contributed by atoms with Crippen LogP contribution in [-0.2, 0) is 11.4 Å². The average molecular weight is 518 g/mol. The van der Waals surface area contributed by atoms with Gasteiger partial charge in [0, 0.05) is 5.02 Å². The normalized spacial score (nSPS) is 15.3. The van der Waals surface area contributed by atoms with Gasteiger partial charge in [0.15, 0.2) is 11.5 Å². The number of hydrogen-bond acceptors (Lipinski definition) is 5. The molecule has 134 valence electrons. The number of benzene rings is 2. The Labute approximate surface area is 179 Å². The Balaban J connectivity index is 1.83. The van der Waals surface area contributed by atoms with E-state index in [0.717, 1.165) is 14.7 Å². The van der Waals surface area contributed by atoms with Gasteiger partial charge in [0.2, 0.25) is 0 Å². The minimum Gasteiger partial charge on any atom is -0.493 e. The molecule has 1 amide bonds. The highest BCUT2D eigenvalue weighted by Crippen LogP contribution is 2.36. The van der Waals surface area contributed by atoms with Crippen LogP contribution in [0.5, 0.6) is 11.5 Å². The number of thioether (sulfide) groups is 1. The highest BCUT2D eigenvalue weighted by atomic mass is 127. The Morgan fingerprint density at radius 1 is 1.31 bits per heavy atom. The van der Waals surface area contributed by atoms with E-state index in [2.05, 4.69) is 27.9 Å². The predicted molar refractivity (Wildman–Crippen MR) is 118 cm³/mol. The van der Waals surface area contributed by atoms with Crippen LogP contribution < -0.4 is 14.8 Å². The minimum atomic E-state index is -0.183. The van der Waals surface area contributed by atoms with Crippen LogP contribution in [0.1, 0.15) is 11.1 Å². The van der Waals surface area contributed by atoms with Gasteiger partial charge in [0.25, 0.3) is 5.91 Å². The van der Waals surface area contributed by atoms with Crippen LogP contribution in [0.3, 0.4) is 0 Å². The van der Waals surface area contributed by atoms with Crippen molar-refractivity contribution in [3.8, 4) is 11.5 Å². The Hall–Kier alpha value is -1.29. The van der Waals surface area contributed by atoms with E-state index >= 15 is 0 Å². The molecule has 0 atom stereocenters. The number of rotatable bonds is 5. The molecule has 2 aromatic rings. The van der Waals surface area contributed by atoms with Crippen LogP contribution >= 0.6 is 58.2 Å². The summed E-state index contributed by atoms with van der Waals surface area (Å²) in [5.74, 6) is 1.07. The molecular weight excluding hydrogens is 505 g/mol. The molecule has 0 radical (unpaired) electrons. The maximum atomic E-state index is 11.8. The zero-order chi connectivity index (χ0) is 18.7. The molecule has 2 aromatic carbocycles. The van der Waals surface area contributed by atoms with E-state index in [0.29, 0.717) is 32.4 Å². The van der Waals surface area contributed by atoms with Gasteiger partial charge < -0.3 is 14.8 Å². The van der Waals surface area contributed by atoms with E-state index in [1.54, 1.807) is 13.2 Å². The Bertz CT molecular complexity index is 900. The lowest BCUT2D eigenvalue weighted by Gasteiger charge is -2.14. The Kier molecular flexibility index (Phi) is 6.44. The fraction of sp³-hybridized carbons (Fsp3) is 0.111. The first-order valence-corrected chi connectivity index (χ1v) is 10.1. The molecule has 1 aliphatic heterocycles. The summed E-state index contributed by atoms with van der Waals surface area (Å²) >= 11 is 14.3. The van der Waals surface area contributed by atoms with Gasteiger partial charge >= 0.3 is 0 Å². The summed E-state index contributed by atoms with van der Waals surface area (Å²) in [6, 6.07) is 11.3. The average Bonchev–Trinajstić information content (AvgIpc) is 2.92. The maximum Gasteiger partial charge on any atom is 0.263 e. The number of hydrogen-bond donors (Lipinski definition) is 1. The number of amides is 1. The molecule has 1 aliphatic rings. The van der Waals surface area contributed by atoms with Gasteiger partial charge in [0.05, 0.1) is 15.6 Å². The fourth-order valence-electron chi connectivity index (χ4n) is 2.27. The summed E-state index contributed by atoms with van der Waals surface area (Å²) in [6.45, 7) is 0.399. The van der Waals surface area contributed by atoms with Gasteiger partial charge in [-0.25, -0.2) is 0 Å². The van der Waals surface area contributed by atoms with E-state index in [9.17, 15) is 4.79 Å². The molecular formula is C18H13ClINO3S2. The molecule has 4 nitrogen and oxygen atoms in total. The minimum absolute atomic E-state index is 0.183. The van der Waals surface area contributed by atoms with E-state index in [1.807, 2.05) is 36.4 Å². The van der Waals surface area contributed by atoms with E-state index < -0.39 is 0 Å². The summed E-state index contributed by atoms with van der Waals surface area (Å²) in [5.41, 5.74) is 1.85. The lowest BCUT2D eigenvalue weighted by molar-refractivity contribution is -0.115. The van der Waals surface area contributed by atoms with Crippen molar-refractivity contribution in [1.82, 2.24) is 5.32 Å². The van der Waals surface area contributed by atoms with Crippen molar-refractivity contribution in [3.63, 3.8) is 0 Å². The monoisotopic (exact) mass is 517 g/mol. The van der Waals surface area contributed by atoms with Crippen LogP contribution in [-0.4, -0.2) is 17.3 Å². The number of ether oxygens (including phenoxy) is 2. The maximum absolute atomic E-state index is 11.8. The Morgan fingerprint density at radius 3 is 2.65 bits per heavy atom. The first kappa shape index (κ1) is 19.5. The molecule has 1 saturated heterocycles. The Morgan fingerprint density at radius 2 is 2.04 bits per heavy atom. The SMILES string of the molecule is COc1cc(/C=C2\SC(=S)NC2=O)cc(I)c1OCc1ccc(Cl)cc1. The van der Waals surface area contributed by atoms with Crippen LogP contribution in [0.25, 0.3) is 6.08 Å². The van der Waals surface area contributed by atoms with Crippen molar-refractivity contribution >= 4 is 74.5 Å². The van der Waals surface area contributed by atoms with E-state index in [-0.39, 0.29) is 5.91 Å². The second-order valence-electron chi connectivity index (χ2n) is 5.30. The summed E-state index contributed by atoms with van der Waals surface area (Å²) in [6.07, 6.45) is 1.78. The molecule has 1 N–H and O–H groups in total. The van der Waals surface area contributed by atoms with Gasteiger partial charge in [-0.15, -0.1) is 0 Å². The summed E-state index contributed by atoms with van der Waals surface area (Å²) in [5, 5.41) is 3.29. The number of methoxy groups -OCH3 is 1. The van der Waals surface area contributed by atoms with Crippen molar-refractivity contribution in [2.24, 2.45) is 0 Å². The largest absolute Gasteiger partial charge is 0.493 e.